The molecule has 2 unspecified atom stereocenters. The van der Waals surface area contributed by atoms with Crippen LogP contribution in [0, 0.1) is 5.92 Å². The monoisotopic (exact) mass is 232 g/mol. The fourth-order valence-electron chi connectivity index (χ4n) is 1.25. The third-order valence-electron chi connectivity index (χ3n) is 2.19. The van der Waals surface area contributed by atoms with Crippen molar-refractivity contribution < 1.29 is 19.5 Å². The van der Waals surface area contributed by atoms with Gasteiger partial charge in [-0.25, -0.2) is 15.1 Å². The smallest absolute Gasteiger partial charge is 0.338 e. The molecule has 0 saturated heterocycles. The van der Waals surface area contributed by atoms with E-state index in [0.29, 0.717) is 5.92 Å². The first-order chi connectivity index (χ1) is 7.45. The van der Waals surface area contributed by atoms with E-state index in [2.05, 4.69) is 24.0 Å². The van der Waals surface area contributed by atoms with Gasteiger partial charge >= 0.3 is 12.0 Å². The zero-order valence-corrected chi connectivity index (χ0v) is 9.95. The van der Waals surface area contributed by atoms with E-state index in [9.17, 15) is 9.59 Å². The molecule has 2 atom stereocenters. The van der Waals surface area contributed by atoms with Gasteiger partial charge in [-0.1, -0.05) is 20.3 Å². The molecule has 0 aliphatic rings. The molecule has 0 saturated carbocycles. The molecule has 0 rings (SSSR count). The van der Waals surface area contributed by atoms with Gasteiger partial charge in [0.05, 0.1) is 0 Å². The first kappa shape index (κ1) is 14.7. The summed E-state index contributed by atoms with van der Waals surface area (Å²) in [7, 11) is 0. The lowest BCUT2D eigenvalue weighted by molar-refractivity contribution is -0.144. The first-order valence-electron chi connectivity index (χ1n) is 5.35. The summed E-state index contributed by atoms with van der Waals surface area (Å²) in [6.07, 6.45) is 1.94. The molecule has 6 nitrogen and oxygen atoms in total. The van der Waals surface area contributed by atoms with Crippen LogP contribution in [0.1, 0.15) is 33.6 Å². The van der Waals surface area contributed by atoms with Crippen molar-refractivity contribution in [2.75, 3.05) is 6.61 Å². The van der Waals surface area contributed by atoms with Crippen LogP contribution in [0.15, 0.2) is 0 Å². The SMILES string of the molecule is CCC(C)CC(C)NC(=O)NOCC(=O)O. The maximum Gasteiger partial charge on any atom is 0.338 e. The summed E-state index contributed by atoms with van der Waals surface area (Å²) >= 11 is 0. The highest BCUT2D eigenvalue weighted by Gasteiger charge is 2.10. The Morgan fingerprint density at radius 2 is 2.00 bits per heavy atom. The summed E-state index contributed by atoms with van der Waals surface area (Å²) in [6, 6.07) is -0.486. The van der Waals surface area contributed by atoms with Crippen LogP contribution >= 0.6 is 0 Å². The van der Waals surface area contributed by atoms with Gasteiger partial charge in [-0.2, -0.15) is 0 Å². The van der Waals surface area contributed by atoms with Gasteiger partial charge in [0.2, 0.25) is 0 Å². The van der Waals surface area contributed by atoms with Crippen molar-refractivity contribution in [3.8, 4) is 0 Å². The standard InChI is InChI=1S/C10H20N2O4/c1-4-7(2)5-8(3)11-10(15)12-16-6-9(13)14/h7-8H,4-6H2,1-3H3,(H,13,14)(H2,11,12,15). The minimum Gasteiger partial charge on any atom is -0.479 e. The van der Waals surface area contributed by atoms with E-state index in [0.717, 1.165) is 12.8 Å². The van der Waals surface area contributed by atoms with Crippen molar-refractivity contribution >= 4 is 12.0 Å². The number of carbonyl (C=O) groups is 2. The number of hydrogen-bond donors (Lipinski definition) is 3. The van der Waals surface area contributed by atoms with Crippen LogP contribution in [0.25, 0.3) is 0 Å². The summed E-state index contributed by atoms with van der Waals surface area (Å²) in [4.78, 5) is 25.7. The molecule has 0 radical (unpaired) electrons. The molecule has 0 aromatic heterocycles. The van der Waals surface area contributed by atoms with E-state index >= 15 is 0 Å². The lowest BCUT2D eigenvalue weighted by atomic mass is 10.0. The maximum absolute atomic E-state index is 11.2. The second-order valence-electron chi connectivity index (χ2n) is 3.91. The predicted octanol–water partition coefficient (Wildman–Crippen LogP) is 1.13. The van der Waals surface area contributed by atoms with Crippen molar-refractivity contribution in [3.63, 3.8) is 0 Å². The summed E-state index contributed by atoms with van der Waals surface area (Å²) in [5.41, 5.74) is 2.01. The van der Waals surface area contributed by atoms with Gasteiger partial charge in [-0.05, 0) is 19.3 Å². The van der Waals surface area contributed by atoms with Crippen LogP contribution in [0.5, 0.6) is 0 Å². The van der Waals surface area contributed by atoms with E-state index in [1.807, 2.05) is 12.4 Å². The van der Waals surface area contributed by atoms with Gasteiger partial charge < -0.3 is 10.4 Å². The number of urea groups is 1. The van der Waals surface area contributed by atoms with E-state index in [4.69, 9.17) is 5.11 Å². The Labute approximate surface area is 95.3 Å². The van der Waals surface area contributed by atoms with Crippen LogP contribution in [0.2, 0.25) is 0 Å². The average Bonchev–Trinajstić information content (AvgIpc) is 2.16. The third-order valence-corrected chi connectivity index (χ3v) is 2.19. The predicted molar refractivity (Wildman–Crippen MR) is 58.8 cm³/mol. The zero-order chi connectivity index (χ0) is 12.6. The highest BCUT2D eigenvalue weighted by Crippen LogP contribution is 2.08. The molecule has 0 aromatic carbocycles. The molecule has 2 amide bonds. The normalized spacial score (nSPS) is 13.9. The molecule has 94 valence electrons. The Morgan fingerprint density at radius 3 is 2.50 bits per heavy atom. The number of amides is 2. The fraction of sp³-hybridized carbons (Fsp3) is 0.800. The molecule has 0 bridgehead atoms. The zero-order valence-electron chi connectivity index (χ0n) is 9.95. The minimum absolute atomic E-state index is 0.0309. The number of rotatable bonds is 7. The Morgan fingerprint density at radius 1 is 1.38 bits per heavy atom. The Hall–Kier alpha value is -1.30. The van der Waals surface area contributed by atoms with E-state index in [1.54, 1.807) is 0 Å². The average molecular weight is 232 g/mol. The van der Waals surface area contributed by atoms with Crippen molar-refractivity contribution in [1.82, 2.24) is 10.8 Å². The van der Waals surface area contributed by atoms with Gasteiger partial charge in [0, 0.05) is 6.04 Å². The van der Waals surface area contributed by atoms with Gasteiger partial charge in [-0.15, -0.1) is 0 Å². The van der Waals surface area contributed by atoms with Crippen LogP contribution in [0.4, 0.5) is 4.79 Å². The molecule has 0 aliphatic heterocycles. The number of carboxylic acids is 1. The number of carbonyl (C=O) groups excluding carboxylic acids is 1. The fourth-order valence-corrected chi connectivity index (χ4v) is 1.25. The van der Waals surface area contributed by atoms with E-state index in [-0.39, 0.29) is 6.04 Å². The summed E-state index contributed by atoms with van der Waals surface area (Å²) in [6.45, 7) is 5.54. The molecule has 16 heavy (non-hydrogen) atoms. The molecule has 0 heterocycles. The van der Waals surface area contributed by atoms with Crippen molar-refractivity contribution in [2.24, 2.45) is 5.92 Å². The molecule has 3 N–H and O–H groups in total. The molecule has 6 heteroatoms. The number of hydroxylamine groups is 1. The maximum atomic E-state index is 11.2. The number of aliphatic carboxylic acids is 1. The first-order valence-corrected chi connectivity index (χ1v) is 5.35. The number of carboxylic acid groups (broad SMARTS) is 1. The lowest BCUT2D eigenvalue weighted by Crippen LogP contribution is -2.41. The summed E-state index contributed by atoms with van der Waals surface area (Å²) in [5.74, 6) is -0.594. The molecule has 0 spiro atoms. The Kier molecular flexibility index (Phi) is 7.28. The highest BCUT2D eigenvalue weighted by atomic mass is 16.7. The lowest BCUT2D eigenvalue weighted by Gasteiger charge is -2.17. The molecule has 0 aromatic rings. The van der Waals surface area contributed by atoms with Crippen molar-refractivity contribution in [1.29, 1.82) is 0 Å². The van der Waals surface area contributed by atoms with Crippen LogP contribution < -0.4 is 10.8 Å². The number of nitrogens with one attached hydrogen (secondary N) is 2. The van der Waals surface area contributed by atoms with Gasteiger partial charge in [0.1, 0.15) is 0 Å². The quantitative estimate of drug-likeness (QED) is 0.574. The van der Waals surface area contributed by atoms with Crippen molar-refractivity contribution in [3.05, 3.63) is 0 Å². The van der Waals surface area contributed by atoms with Crippen LogP contribution in [-0.4, -0.2) is 29.8 Å². The molecular weight excluding hydrogens is 212 g/mol. The van der Waals surface area contributed by atoms with E-state index < -0.39 is 18.6 Å². The Bertz CT molecular complexity index is 233. The highest BCUT2D eigenvalue weighted by molar-refractivity contribution is 5.73. The Balaban J connectivity index is 3.65. The summed E-state index contributed by atoms with van der Waals surface area (Å²) < 4.78 is 0. The van der Waals surface area contributed by atoms with Crippen molar-refractivity contribution in [2.45, 2.75) is 39.7 Å². The second kappa shape index (κ2) is 7.92. The molecule has 0 aliphatic carbocycles. The van der Waals surface area contributed by atoms with E-state index in [1.165, 1.54) is 0 Å². The molecular formula is C10H20N2O4. The largest absolute Gasteiger partial charge is 0.479 e. The van der Waals surface area contributed by atoms with Gasteiger partial charge in [-0.3, -0.25) is 4.84 Å². The van der Waals surface area contributed by atoms with Crippen LogP contribution in [-0.2, 0) is 9.63 Å². The number of hydrogen-bond acceptors (Lipinski definition) is 3. The van der Waals surface area contributed by atoms with Crippen LogP contribution in [0.3, 0.4) is 0 Å². The summed E-state index contributed by atoms with van der Waals surface area (Å²) in [5, 5.41) is 10.9. The minimum atomic E-state index is -1.13. The topological polar surface area (TPSA) is 87.7 Å². The van der Waals surface area contributed by atoms with Gasteiger partial charge in [0.15, 0.2) is 6.61 Å². The van der Waals surface area contributed by atoms with Gasteiger partial charge in [0.25, 0.3) is 0 Å². The second-order valence-corrected chi connectivity index (χ2v) is 3.91. The third kappa shape index (κ3) is 8.05. The molecule has 0 fully saturated rings.